The Morgan fingerprint density at radius 2 is 1.68 bits per heavy atom. The smallest absolute Gasteiger partial charge is 0.155 e. The van der Waals surface area contributed by atoms with Gasteiger partial charge in [-0.15, -0.1) is 35.9 Å². The van der Waals surface area contributed by atoms with Crippen LogP contribution in [0.5, 0.6) is 0 Å². The molecule has 0 saturated carbocycles. The summed E-state index contributed by atoms with van der Waals surface area (Å²) in [6, 6.07) is 25.1. The Bertz CT molecular complexity index is 886. The summed E-state index contributed by atoms with van der Waals surface area (Å²) in [5.74, 6) is 0.857. The molecule has 2 heterocycles. The van der Waals surface area contributed by atoms with Crippen LogP contribution in [0.4, 0.5) is 0 Å². The van der Waals surface area contributed by atoms with Gasteiger partial charge in [-0.1, -0.05) is 18.2 Å². The van der Waals surface area contributed by atoms with Gasteiger partial charge in [-0.3, -0.25) is 4.98 Å². The van der Waals surface area contributed by atoms with Crippen molar-refractivity contribution < 1.29 is 20.1 Å². The molecule has 4 heteroatoms. The maximum atomic E-state index is 4.73. The topological polar surface area (TPSA) is 30.7 Å². The zero-order valence-corrected chi connectivity index (χ0v) is 14.0. The fraction of sp³-hybridized carbons (Fsp3) is 0. The number of pyridine rings is 1. The first kappa shape index (κ1) is 14.6. The minimum absolute atomic E-state index is 0. The molecule has 0 unspecified atom stereocenters. The van der Waals surface area contributed by atoms with Crippen LogP contribution in [-0.4, -0.2) is 14.5 Å². The molecule has 22 heavy (non-hydrogen) atoms. The van der Waals surface area contributed by atoms with Crippen molar-refractivity contribution in [2.45, 2.75) is 0 Å². The van der Waals surface area contributed by atoms with Crippen LogP contribution in [0.25, 0.3) is 28.2 Å². The fourth-order valence-corrected chi connectivity index (χ4v) is 2.45. The molecule has 109 valence electrons. The Labute approximate surface area is 142 Å². The van der Waals surface area contributed by atoms with Crippen molar-refractivity contribution in [3.05, 3.63) is 79.0 Å². The van der Waals surface area contributed by atoms with E-state index in [1.165, 1.54) is 0 Å². The quantitative estimate of drug-likeness (QED) is 0.424. The van der Waals surface area contributed by atoms with E-state index >= 15 is 0 Å². The summed E-state index contributed by atoms with van der Waals surface area (Å²) in [6.07, 6.45) is 1.79. The molecule has 0 N–H and O–H groups in total. The number of nitrogens with zero attached hydrogens (tertiary/aromatic N) is 3. The molecular weight excluding hydrogens is 450 g/mol. The van der Waals surface area contributed by atoms with E-state index in [0.717, 1.165) is 28.2 Å². The summed E-state index contributed by atoms with van der Waals surface area (Å²) in [4.78, 5) is 9.22. The first-order valence-electron chi connectivity index (χ1n) is 6.79. The molecule has 0 saturated heterocycles. The van der Waals surface area contributed by atoms with Crippen LogP contribution in [-0.2, 0) is 20.1 Å². The van der Waals surface area contributed by atoms with Crippen molar-refractivity contribution in [1.29, 1.82) is 0 Å². The van der Waals surface area contributed by atoms with Crippen LogP contribution >= 0.6 is 0 Å². The molecule has 0 aliphatic heterocycles. The predicted octanol–water partition coefficient (Wildman–Crippen LogP) is 3.89. The zero-order chi connectivity index (χ0) is 14.1. The standard InChI is InChI=1S/C18H12N3.Ir/c1-3-8-14(9-4-1)17-20-16-12-7-13-19-18(16)21(17)15-10-5-2-6-11-15;/h1-8,10-13H;/q-1;. The Morgan fingerprint density at radius 1 is 0.864 bits per heavy atom. The van der Waals surface area contributed by atoms with Gasteiger partial charge in [0.15, 0.2) is 5.65 Å². The molecule has 4 rings (SSSR count). The monoisotopic (exact) mass is 463 g/mol. The molecule has 0 aliphatic carbocycles. The Kier molecular flexibility index (Phi) is 4.14. The summed E-state index contributed by atoms with van der Waals surface area (Å²) < 4.78 is 2.07. The van der Waals surface area contributed by atoms with Crippen molar-refractivity contribution in [2.24, 2.45) is 0 Å². The van der Waals surface area contributed by atoms with Gasteiger partial charge in [0.2, 0.25) is 0 Å². The summed E-state index contributed by atoms with van der Waals surface area (Å²) >= 11 is 0. The van der Waals surface area contributed by atoms with E-state index in [4.69, 9.17) is 4.98 Å². The van der Waals surface area contributed by atoms with E-state index in [1.807, 2.05) is 54.6 Å². The molecule has 4 aromatic rings. The third kappa shape index (κ3) is 2.47. The second kappa shape index (κ2) is 6.22. The summed E-state index contributed by atoms with van der Waals surface area (Å²) in [6.45, 7) is 0. The van der Waals surface area contributed by atoms with Crippen LogP contribution in [0.15, 0.2) is 72.9 Å². The average Bonchev–Trinajstić information content (AvgIpc) is 2.96. The van der Waals surface area contributed by atoms with Gasteiger partial charge in [0.1, 0.15) is 0 Å². The molecule has 0 aliphatic rings. The van der Waals surface area contributed by atoms with Gasteiger partial charge in [-0.2, -0.15) is 0 Å². The first-order valence-corrected chi connectivity index (χ1v) is 6.79. The fourth-order valence-electron chi connectivity index (χ4n) is 2.45. The molecule has 0 amide bonds. The number of para-hydroxylation sites is 1. The molecule has 0 fully saturated rings. The van der Waals surface area contributed by atoms with Crippen LogP contribution in [0, 0.1) is 6.07 Å². The second-order valence-corrected chi connectivity index (χ2v) is 4.73. The third-order valence-electron chi connectivity index (χ3n) is 3.38. The molecule has 1 radical (unpaired) electrons. The van der Waals surface area contributed by atoms with E-state index < -0.39 is 0 Å². The van der Waals surface area contributed by atoms with Crippen LogP contribution in [0.2, 0.25) is 0 Å². The van der Waals surface area contributed by atoms with Crippen molar-refractivity contribution in [2.75, 3.05) is 0 Å². The van der Waals surface area contributed by atoms with Gasteiger partial charge < -0.3 is 4.57 Å². The number of hydrogen-bond acceptors (Lipinski definition) is 2. The van der Waals surface area contributed by atoms with Gasteiger partial charge in [0, 0.05) is 32.0 Å². The molecule has 0 atom stereocenters. The molecule has 2 aromatic carbocycles. The van der Waals surface area contributed by atoms with E-state index in [0.29, 0.717) is 0 Å². The Morgan fingerprint density at radius 3 is 2.45 bits per heavy atom. The zero-order valence-electron chi connectivity index (χ0n) is 11.6. The minimum Gasteiger partial charge on any atom is -0.318 e. The first-order chi connectivity index (χ1) is 10.4. The number of benzene rings is 2. The number of aromatic nitrogens is 3. The number of imidazole rings is 1. The van der Waals surface area contributed by atoms with Gasteiger partial charge >= 0.3 is 0 Å². The number of hydrogen-bond donors (Lipinski definition) is 0. The molecule has 0 bridgehead atoms. The van der Waals surface area contributed by atoms with E-state index in [2.05, 4.69) is 27.8 Å². The summed E-state index contributed by atoms with van der Waals surface area (Å²) in [5, 5.41) is 0. The maximum absolute atomic E-state index is 4.73. The Balaban J connectivity index is 0.00000144. The molecular formula is C18H12IrN3-. The van der Waals surface area contributed by atoms with E-state index in [9.17, 15) is 0 Å². The van der Waals surface area contributed by atoms with Crippen molar-refractivity contribution in [1.82, 2.24) is 14.5 Å². The van der Waals surface area contributed by atoms with Crippen molar-refractivity contribution in [3.8, 4) is 17.1 Å². The number of fused-ring (bicyclic) bond motifs is 1. The van der Waals surface area contributed by atoms with Crippen LogP contribution < -0.4 is 0 Å². The van der Waals surface area contributed by atoms with Gasteiger partial charge in [0.25, 0.3) is 0 Å². The van der Waals surface area contributed by atoms with Crippen molar-refractivity contribution >= 4 is 11.2 Å². The third-order valence-corrected chi connectivity index (χ3v) is 3.38. The van der Waals surface area contributed by atoms with Crippen LogP contribution in [0.3, 0.4) is 0 Å². The normalized spacial score (nSPS) is 10.4. The van der Waals surface area contributed by atoms with E-state index in [1.54, 1.807) is 6.20 Å². The summed E-state index contributed by atoms with van der Waals surface area (Å²) in [5.41, 5.74) is 3.75. The van der Waals surface area contributed by atoms with Gasteiger partial charge in [0.05, 0.1) is 11.3 Å². The van der Waals surface area contributed by atoms with E-state index in [-0.39, 0.29) is 20.1 Å². The minimum atomic E-state index is 0. The Hall–Kier alpha value is -2.29. The van der Waals surface area contributed by atoms with Gasteiger partial charge in [-0.25, -0.2) is 4.98 Å². The van der Waals surface area contributed by atoms with Crippen molar-refractivity contribution in [3.63, 3.8) is 0 Å². The van der Waals surface area contributed by atoms with Gasteiger partial charge in [-0.05, 0) is 24.3 Å². The summed E-state index contributed by atoms with van der Waals surface area (Å²) in [7, 11) is 0. The molecule has 2 aromatic heterocycles. The maximum Gasteiger partial charge on any atom is 0.155 e. The SMILES string of the molecule is [Ir].[c-]1ccccc1-c1nc2cccnc2n1-c1ccccc1. The molecule has 0 spiro atoms. The molecule has 3 nitrogen and oxygen atoms in total. The predicted molar refractivity (Wildman–Crippen MR) is 83.1 cm³/mol. The number of rotatable bonds is 2. The largest absolute Gasteiger partial charge is 0.318 e. The van der Waals surface area contributed by atoms with Crippen LogP contribution in [0.1, 0.15) is 0 Å². The second-order valence-electron chi connectivity index (χ2n) is 4.73. The average molecular weight is 463 g/mol.